The molecule has 0 saturated heterocycles. The number of thiazole rings is 1. The molecule has 0 saturated carbocycles. The monoisotopic (exact) mass is 384 g/mol. The van der Waals surface area contributed by atoms with E-state index >= 15 is 0 Å². The third-order valence-electron chi connectivity index (χ3n) is 3.62. The predicted molar refractivity (Wildman–Crippen MR) is 102 cm³/mol. The molecule has 4 heterocycles. The van der Waals surface area contributed by atoms with Gasteiger partial charge in [0.2, 0.25) is 5.82 Å². The highest BCUT2D eigenvalue weighted by Gasteiger charge is 2.16. The van der Waals surface area contributed by atoms with E-state index in [1.54, 1.807) is 29.4 Å². The fourth-order valence-electron chi connectivity index (χ4n) is 2.45. The molecule has 0 aliphatic carbocycles. The van der Waals surface area contributed by atoms with Gasteiger partial charge in [-0.2, -0.15) is 0 Å². The topological polar surface area (TPSA) is 69.9 Å². The molecule has 6 nitrogen and oxygen atoms in total. The minimum atomic E-state index is 0.610. The van der Waals surface area contributed by atoms with E-state index in [-0.39, 0.29) is 0 Å². The van der Waals surface area contributed by atoms with Crippen LogP contribution in [0.25, 0.3) is 22.4 Å². The quantitative estimate of drug-likeness (QED) is 0.328. The number of rotatable bonds is 7. The van der Waals surface area contributed by atoms with Crippen molar-refractivity contribution < 1.29 is 8.83 Å². The molecule has 4 aromatic rings. The Morgan fingerprint density at radius 3 is 2.92 bits per heavy atom. The van der Waals surface area contributed by atoms with Gasteiger partial charge < -0.3 is 8.83 Å². The van der Waals surface area contributed by atoms with Gasteiger partial charge in [-0.05, 0) is 31.2 Å². The van der Waals surface area contributed by atoms with Gasteiger partial charge in [0.1, 0.15) is 5.76 Å². The van der Waals surface area contributed by atoms with Gasteiger partial charge >= 0.3 is 0 Å². The van der Waals surface area contributed by atoms with Gasteiger partial charge in [-0.1, -0.05) is 17.8 Å². The van der Waals surface area contributed by atoms with Crippen molar-refractivity contribution in [3.63, 3.8) is 0 Å². The van der Waals surface area contributed by atoms with Crippen LogP contribution >= 0.6 is 23.1 Å². The third kappa shape index (κ3) is 3.38. The Bertz CT molecular complexity index is 1010. The number of thioether (sulfide) groups is 1. The Hall–Kier alpha value is -2.58. The standard InChI is InChI=1S/C18H16N4O2S2/c1-3-8-22-16(14-5-4-9-23-14)20-21-18(22)26-11-13-10-25-17(19-13)15-7-6-12(2)24-15/h3-7,9-10H,1,8,11H2,2H3. The Morgan fingerprint density at radius 2 is 2.19 bits per heavy atom. The molecule has 0 amide bonds. The summed E-state index contributed by atoms with van der Waals surface area (Å²) in [6.45, 7) is 6.36. The molecule has 4 rings (SSSR count). The summed E-state index contributed by atoms with van der Waals surface area (Å²) < 4.78 is 13.1. The normalized spacial score (nSPS) is 11.1. The summed E-state index contributed by atoms with van der Waals surface area (Å²) in [6.07, 6.45) is 3.45. The molecule has 0 atom stereocenters. The highest BCUT2D eigenvalue weighted by atomic mass is 32.2. The Balaban J connectivity index is 1.51. The molecule has 0 fully saturated rings. The van der Waals surface area contributed by atoms with Gasteiger partial charge in [0.25, 0.3) is 0 Å². The summed E-state index contributed by atoms with van der Waals surface area (Å²) in [6, 6.07) is 7.60. The van der Waals surface area contributed by atoms with Gasteiger partial charge in [-0.15, -0.1) is 28.1 Å². The Labute approximate surface area is 158 Å². The van der Waals surface area contributed by atoms with Gasteiger partial charge in [-0.3, -0.25) is 4.57 Å². The van der Waals surface area contributed by atoms with Crippen LogP contribution in [0.15, 0.2) is 62.6 Å². The number of nitrogens with zero attached hydrogens (tertiary/aromatic N) is 4. The van der Waals surface area contributed by atoms with Crippen molar-refractivity contribution in [1.29, 1.82) is 0 Å². The minimum absolute atomic E-state index is 0.610. The van der Waals surface area contributed by atoms with E-state index in [1.807, 2.05) is 47.2 Å². The Morgan fingerprint density at radius 1 is 1.27 bits per heavy atom. The average molecular weight is 384 g/mol. The summed E-state index contributed by atoms with van der Waals surface area (Å²) in [5.41, 5.74) is 0.983. The van der Waals surface area contributed by atoms with E-state index in [4.69, 9.17) is 8.83 Å². The second-order valence-corrected chi connectivity index (χ2v) is 7.33. The maximum absolute atomic E-state index is 5.63. The molecule has 0 radical (unpaired) electrons. The second-order valence-electron chi connectivity index (χ2n) is 5.53. The van der Waals surface area contributed by atoms with Crippen molar-refractivity contribution in [3.05, 3.63) is 60.0 Å². The molecule has 0 unspecified atom stereocenters. The van der Waals surface area contributed by atoms with Crippen LogP contribution in [-0.2, 0) is 12.3 Å². The fourth-order valence-corrected chi connectivity index (χ4v) is 4.18. The van der Waals surface area contributed by atoms with E-state index in [0.717, 1.165) is 27.4 Å². The van der Waals surface area contributed by atoms with Gasteiger partial charge in [0.05, 0.1) is 12.0 Å². The van der Waals surface area contributed by atoms with E-state index < -0.39 is 0 Å². The summed E-state index contributed by atoms with van der Waals surface area (Å²) in [4.78, 5) is 4.65. The van der Waals surface area contributed by atoms with Crippen LogP contribution in [0.5, 0.6) is 0 Å². The van der Waals surface area contributed by atoms with Gasteiger partial charge in [0, 0.05) is 17.7 Å². The summed E-state index contributed by atoms with van der Waals surface area (Å²) in [7, 11) is 0. The van der Waals surface area contributed by atoms with Gasteiger partial charge in [0.15, 0.2) is 21.7 Å². The van der Waals surface area contributed by atoms with E-state index in [1.165, 1.54) is 0 Å². The highest BCUT2D eigenvalue weighted by molar-refractivity contribution is 7.98. The molecular weight excluding hydrogens is 368 g/mol. The zero-order chi connectivity index (χ0) is 17.9. The van der Waals surface area contributed by atoms with Crippen LogP contribution in [0.1, 0.15) is 11.5 Å². The smallest absolute Gasteiger partial charge is 0.200 e. The summed E-state index contributed by atoms with van der Waals surface area (Å²) in [5.74, 6) is 3.77. The molecule has 4 aromatic heterocycles. The van der Waals surface area contributed by atoms with Crippen LogP contribution in [-0.4, -0.2) is 19.7 Å². The average Bonchev–Trinajstić information content (AvgIpc) is 3.41. The maximum atomic E-state index is 5.63. The van der Waals surface area contributed by atoms with Crippen LogP contribution in [0, 0.1) is 6.92 Å². The SMILES string of the molecule is C=CCn1c(SCc2csc(-c3ccc(C)o3)n2)nnc1-c1ccco1. The second kappa shape index (κ2) is 7.35. The summed E-state index contributed by atoms with van der Waals surface area (Å²) in [5, 5.41) is 12.3. The molecule has 0 N–H and O–H groups in total. The molecule has 0 aliphatic rings. The number of hydrogen-bond donors (Lipinski definition) is 0. The highest BCUT2D eigenvalue weighted by Crippen LogP contribution is 2.30. The van der Waals surface area contributed by atoms with Gasteiger partial charge in [-0.25, -0.2) is 4.98 Å². The summed E-state index contributed by atoms with van der Waals surface area (Å²) >= 11 is 3.16. The van der Waals surface area contributed by atoms with Crippen molar-refractivity contribution >= 4 is 23.1 Å². The molecule has 0 aromatic carbocycles. The van der Waals surface area contributed by atoms with E-state index in [0.29, 0.717) is 23.9 Å². The van der Waals surface area contributed by atoms with Crippen molar-refractivity contribution in [1.82, 2.24) is 19.7 Å². The largest absolute Gasteiger partial charge is 0.461 e. The van der Waals surface area contributed by atoms with Crippen LogP contribution < -0.4 is 0 Å². The maximum Gasteiger partial charge on any atom is 0.200 e. The number of aryl methyl sites for hydroxylation is 1. The molecular formula is C18H16N4O2S2. The molecule has 0 spiro atoms. The Kier molecular flexibility index (Phi) is 4.77. The van der Waals surface area contributed by atoms with Crippen molar-refractivity contribution in [2.24, 2.45) is 0 Å². The number of furan rings is 2. The zero-order valence-electron chi connectivity index (χ0n) is 14.1. The molecule has 0 bridgehead atoms. The van der Waals surface area contributed by atoms with E-state index in [2.05, 4.69) is 21.8 Å². The first-order valence-electron chi connectivity index (χ1n) is 7.96. The van der Waals surface area contributed by atoms with Crippen LogP contribution in [0.4, 0.5) is 0 Å². The predicted octanol–water partition coefficient (Wildman–Crippen LogP) is 5.04. The number of allylic oxidation sites excluding steroid dienone is 1. The van der Waals surface area contributed by atoms with E-state index in [9.17, 15) is 0 Å². The van der Waals surface area contributed by atoms with Crippen LogP contribution in [0.2, 0.25) is 0 Å². The lowest BCUT2D eigenvalue weighted by Crippen LogP contribution is -2.00. The van der Waals surface area contributed by atoms with Crippen molar-refractivity contribution in [3.8, 4) is 22.4 Å². The first-order chi connectivity index (χ1) is 12.7. The van der Waals surface area contributed by atoms with Crippen molar-refractivity contribution in [2.75, 3.05) is 0 Å². The van der Waals surface area contributed by atoms with Crippen LogP contribution in [0.3, 0.4) is 0 Å². The minimum Gasteiger partial charge on any atom is -0.461 e. The lowest BCUT2D eigenvalue weighted by Gasteiger charge is -2.05. The number of aromatic nitrogens is 4. The third-order valence-corrected chi connectivity index (χ3v) is 5.53. The zero-order valence-corrected chi connectivity index (χ0v) is 15.7. The molecule has 8 heteroatoms. The lowest BCUT2D eigenvalue weighted by molar-refractivity contribution is 0.548. The lowest BCUT2D eigenvalue weighted by atomic mass is 10.4. The molecule has 0 aliphatic heterocycles. The first kappa shape index (κ1) is 16.9. The first-order valence-corrected chi connectivity index (χ1v) is 9.83. The molecule has 132 valence electrons. The number of hydrogen-bond acceptors (Lipinski definition) is 7. The van der Waals surface area contributed by atoms with Crippen molar-refractivity contribution in [2.45, 2.75) is 24.4 Å². The fraction of sp³-hybridized carbons (Fsp3) is 0.167. The molecule has 26 heavy (non-hydrogen) atoms.